The van der Waals surface area contributed by atoms with E-state index in [2.05, 4.69) is 16.5 Å². The maximum absolute atomic E-state index is 11.0. The zero-order chi connectivity index (χ0) is 23.6. The number of nitrogens with two attached hydrogens (primary N) is 2. The highest BCUT2D eigenvalue weighted by Gasteiger charge is 2.14. The molecule has 0 atom stereocenters. The first-order chi connectivity index (χ1) is 16.0. The highest BCUT2D eigenvalue weighted by atomic mass is 16.5. The van der Waals surface area contributed by atoms with Gasteiger partial charge in [0.2, 0.25) is 5.91 Å². The smallest absolute Gasteiger partial charge is 0.245 e. The van der Waals surface area contributed by atoms with Crippen molar-refractivity contribution in [3.05, 3.63) is 84.7 Å². The Morgan fingerprint density at radius 2 is 1.52 bits per heavy atom. The molecule has 5 N–H and O–H groups in total. The molecule has 0 radical (unpaired) electrons. The van der Waals surface area contributed by atoms with Crippen LogP contribution in [-0.2, 0) is 4.79 Å². The van der Waals surface area contributed by atoms with E-state index in [0.29, 0.717) is 16.9 Å². The predicted octanol–water partition coefficient (Wildman–Crippen LogP) is 4.03. The minimum absolute atomic E-state index is 0.0831. The third-order valence-corrected chi connectivity index (χ3v) is 5.12. The number of hydrogen-bond donors (Lipinski definition) is 3. The molecule has 1 aliphatic heterocycles. The van der Waals surface area contributed by atoms with Gasteiger partial charge in [-0.1, -0.05) is 24.8 Å². The second-order valence-corrected chi connectivity index (χ2v) is 7.42. The molecule has 0 bridgehead atoms. The van der Waals surface area contributed by atoms with Gasteiger partial charge in [0.05, 0.1) is 11.3 Å². The Hall–Kier alpha value is -4.20. The summed E-state index contributed by atoms with van der Waals surface area (Å²) in [4.78, 5) is 20.6. The molecule has 1 fully saturated rings. The zero-order valence-electron chi connectivity index (χ0n) is 18.4. The van der Waals surface area contributed by atoms with Gasteiger partial charge in [-0.2, -0.15) is 0 Å². The Morgan fingerprint density at radius 1 is 0.939 bits per heavy atom. The first-order valence-electron chi connectivity index (χ1n) is 10.7. The van der Waals surface area contributed by atoms with Gasteiger partial charge in [0.25, 0.3) is 0 Å². The number of hydrogen-bond acceptors (Lipinski definition) is 7. The number of para-hydroxylation sites is 1. The number of anilines is 2. The summed E-state index contributed by atoms with van der Waals surface area (Å²) in [7, 11) is 0. The summed E-state index contributed by atoms with van der Waals surface area (Å²) in [6.07, 6.45) is 6.24. The molecule has 1 saturated heterocycles. The number of carbonyl (C=O) groups is 1. The van der Waals surface area contributed by atoms with E-state index in [1.807, 2.05) is 35.2 Å². The topological polar surface area (TPSA) is 131 Å². The van der Waals surface area contributed by atoms with E-state index in [9.17, 15) is 4.79 Å². The van der Waals surface area contributed by atoms with Crippen LogP contribution in [0.3, 0.4) is 0 Å². The Balaban J connectivity index is 0.000000257. The molecule has 1 amide bonds. The van der Waals surface area contributed by atoms with Gasteiger partial charge in [0, 0.05) is 18.7 Å². The molecule has 2 aromatic carbocycles. The third-order valence-electron chi connectivity index (χ3n) is 5.12. The molecule has 0 aliphatic carbocycles. The van der Waals surface area contributed by atoms with Crippen molar-refractivity contribution in [1.82, 2.24) is 14.9 Å². The lowest BCUT2D eigenvalue weighted by molar-refractivity contribution is -0.126. The van der Waals surface area contributed by atoms with Crippen LogP contribution >= 0.6 is 0 Å². The largest absolute Gasteiger partial charge is 0.457 e. The first kappa shape index (κ1) is 23.5. The van der Waals surface area contributed by atoms with Gasteiger partial charge in [-0.25, -0.2) is 9.97 Å². The van der Waals surface area contributed by atoms with Crippen molar-refractivity contribution in [3.63, 3.8) is 0 Å². The average molecular weight is 445 g/mol. The van der Waals surface area contributed by atoms with E-state index >= 15 is 0 Å². The molecular formula is C25H28N6O2. The number of amides is 1. The van der Waals surface area contributed by atoms with Crippen molar-refractivity contribution in [3.8, 4) is 11.5 Å². The first-order valence-corrected chi connectivity index (χ1v) is 10.7. The Labute approximate surface area is 193 Å². The monoisotopic (exact) mass is 444 g/mol. The minimum Gasteiger partial charge on any atom is -0.457 e. The number of piperidine rings is 1. The van der Waals surface area contributed by atoms with Crippen molar-refractivity contribution in [2.24, 2.45) is 0 Å². The SMILES string of the molecule is C=CC(=O)N1CCCCC1.N=C(c1ccc(Oc2ccccc2)cc1)c1c(N)ncnc1N. The summed E-state index contributed by atoms with van der Waals surface area (Å²) >= 11 is 0. The van der Waals surface area contributed by atoms with Crippen LogP contribution in [0.25, 0.3) is 0 Å². The molecule has 33 heavy (non-hydrogen) atoms. The normalized spacial score (nSPS) is 12.8. The number of ether oxygens (including phenoxy) is 1. The molecule has 0 saturated carbocycles. The van der Waals surface area contributed by atoms with E-state index in [1.54, 1.807) is 24.3 Å². The maximum Gasteiger partial charge on any atom is 0.245 e. The fraction of sp³-hybridized carbons (Fsp3) is 0.200. The van der Waals surface area contributed by atoms with Crippen LogP contribution in [0.15, 0.2) is 73.6 Å². The van der Waals surface area contributed by atoms with Gasteiger partial charge in [0.1, 0.15) is 29.5 Å². The second kappa shape index (κ2) is 11.4. The molecular weight excluding hydrogens is 416 g/mol. The van der Waals surface area contributed by atoms with Crippen molar-refractivity contribution in [2.75, 3.05) is 24.6 Å². The van der Waals surface area contributed by atoms with Crippen LogP contribution < -0.4 is 16.2 Å². The molecule has 170 valence electrons. The Bertz CT molecular complexity index is 1070. The van der Waals surface area contributed by atoms with Crippen LogP contribution in [0.5, 0.6) is 11.5 Å². The molecule has 4 rings (SSSR count). The predicted molar refractivity (Wildman–Crippen MR) is 130 cm³/mol. The number of nitrogens with zero attached hydrogens (tertiary/aromatic N) is 3. The number of nitrogen functional groups attached to an aromatic ring is 2. The summed E-state index contributed by atoms with van der Waals surface area (Å²) in [5.74, 6) is 1.89. The number of rotatable bonds is 5. The van der Waals surface area contributed by atoms with Crippen LogP contribution in [-0.4, -0.2) is 39.6 Å². The molecule has 1 aromatic heterocycles. The lowest BCUT2D eigenvalue weighted by Gasteiger charge is -2.25. The number of carbonyl (C=O) groups excluding carboxylic acids is 1. The average Bonchev–Trinajstić information content (AvgIpc) is 2.85. The van der Waals surface area contributed by atoms with Gasteiger partial charge in [-0.05, 0) is 61.7 Å². The van der Waals surface area contributed by atoms with E-state index in [1.165, 1.54) is 18.8 Å². The van der Waals surface area contributed by atoms with Crippen LogP contribution in [0.1, 0.15) is 30.4 Å². The summed E-state index contributed by atoms with van der Waals surface area (Å²) < 4.78 is 5.72. The molecule has 2 heterocycles. The Kier molecular flexibility index (Phi) is 8.13. The summed E-state index contributed by atoms with van der Waals surface area (Å²) in [5, 5.41) is 8.26. The van der Waals surface area contributed by atoms with Crippen molar-refractivity contribution >= 4 is 23.3 Å². The Morgan fingerprint density at radius 3 is 2.09 bits per heavy atom. The summed E-state index contributed by atoms with van der Waals surface area (Å²) in [5.41, 5.74) is 12.8. The quantitative estimate of drug-likeness (QED) is 0.402. The van der Waals surface area contributed by atoms with E-state index in [4.69, 9.17) is 21.6 Å². The third kappa shape index (κ3) is 6.39. The van der Waals surface area contributed by atoms with Gasteiger partial charge in [-0.15, -0.1) is 0 Å². The molecule has 0 unspecified atom stereocenters. The lowest BCUT2D eigenvalue weighted by atomic mass is 10.0. The van der Waals surface area contributed by atoms with Gasteiger partial charge in [0.15, 0.2) is 0 Å². The van der Waals surface area contributed by atoms with Gasteiger partial charge in [-0.3, -0.25) is 10.2 Å². The molecule has 1 aliphatic rings. The van der Waals surface area contributed by atoms with Crippen LogP contribution in [0.4, 0.5) is 11.6 Å². The highest BCUT2D eigenvalue weighted by Crippen LogP contribution is 2.24. The standard InChI is InChI=1S/C17H15N5O.C8H13NO/c18-15(14-16(19)21-10-22-17(14)20)11-6-8-13(9-7-11)23-12-4-2-1-3-5-12;1-2-8(10)9-6-4-3-5-7-9/h1-10,18H,(H4,19,20,21,22);2H,1,3-7H2. The molecule has 8 nitrogen and oxygen atoms in total. The molecule has 0 spiro atoms. The van der Waals surface area contributed by atoms with E-state index in [0.717, 1.165) is 31.7 Å². The summed E-state index contributed by atoms with van der Waals surface area (Å²) in [6, 6.07) is 16.6. The summed E-state index contributed by atoms with van der Waals surface area (Å²) in [6.45, 7) is 5.29. The van der Waals surface area contributed by atoms with Crippen molar-refractivity contribution in [2.45, 2.75) is 19.3 Å². The number of nitrogens with one attached hydrogen (secondary N) is 1. The number of benzene rings is 2. The second-order valence-electron chi connectivity index (χ2n) is 7.42. The van der Waals surface area contributed by atoms with E-state index < -0.39 is 0 Å². The van der Waals surface area contributed by atoms with Crippen LogP contribution in [0.2, 0.25) is 0 Å². The fourth-order valence-electron chi connectivity index (χ4n) is 3.37. The van der Waals surface area contributed by atoms with Gasteiger partial charge < -0.3 is 21.1 Å². The molecule has 3 aromatic rings. The maximum atomic E-state index is 11.0. The highest BCUT2D eigenvalue weighted by molar-refractivity contribution is 6.15. The van der Waals surface area contributed by atoms with Crippen molar-refractivity contribution < 1.29 is 9.53 Å². The van der Waals surface area contributed by atoms with Gasteiger partial charge >= 0.3 is 0 Å². The van der Waals surface area contributed by atoms with Crippen molar-refractivity contribution in [1.29, 1.82) is 5.41 Å². The lowest BCUT2D eigenvalue weighted by Crippen LogP contribution is -2.34. The zero-order valence-corrected chi connectivity index (χ0v) is 18.4. The minimum atomic E-state index is 0.0831. The number of aromatic nitrogens is 2. The fourth-order valence-corrected chi connectivity index (χ4v) is 3.37. The van der Waals surface area contributed by atoms with Crippen LogP contribution in [0, 0.1) is 5.41 Å². The van der Waals surface area contributed by atoms with E-state index in [-0.39, 0.29) is 23.3 Å². The molecule has 8 heteroatoms. The number of likely N-dealkylation sites (tertiary alicyclic amines) is 1.